The van der Waals surface area contributed by atoms with Gasteiger partial charge in [0.05, 0.1) is 19.4 Å². The van der Waals surface area contributed by atoms with Gasteiger partial charge in [-0.25, -0.2) is 4.98 Å². The molecule has 3 heterocycles. The Kier molecular flexibility index (Phi) is 5.44. The lowest BCUT2D eigenvalue weighted by molar-refractivity contribution is 0.0827. The molecule has 3 aromatic rings. The summed E-state index contributed by atoms with van der Waals surface area (Å²) in [7, 11) is 3.39. The molecule has 1 aliphatic heterocycles. The molecule has 11 nitrogen and oxygen atoms in total. The molecule has 1 fully saturated rings. The van der Waals surface area contributed by atoms with Gasteiger partial charge in [-0.3, -0.25) is 4.79 Å². The molecule has 0 saturated carbocycles. The number of nitrogens with one attached hydrogen (secondary N) is 1. The van der Waals surface area contributed by atoms with Crippen LogP contribution in [0.5, 0.6) is 11.8 Å². The SMILES string of the molecule is CN(C)C(=O)c1cccc(Oc2nc(-c3cnc(N)[nH]3)nc(N3CCOCC3)n2)c1. The van der Waals surface area contributed by atoms with Crippen molar-refractivity contribution < 1.29 is 14.3 Å². The summed E-state index contributed by atoms with van der Waals surface area (Å²) in [6.07, 6.45) is 1.55. The molecule has 0 atom stereocenters. The van der Waals surface area contributed by atoms with Crippen LogP contribution in [0.3, 0.4) is 0 Å². The number of nitrogens with two attached hydrogens (primary N) is 1. The lowest BCUT2D eigenvalue weighted by Gasteiger charge is -2.26. The van der Waals surface area contributed by atoms with Crippen LogP contribution in [0.1, 0.15) is 10.4 Å². The number of nitrogens with zero attached hydrogens (tertiary/aromatic N) is 6. The second kappa shape index (κ2) is 8.33. The number of nitrogen functional groups attached to an aromatic ring is 1. The van der Waals surface area contributed by atoms with Gasteiger partial charge in [0.25, 0.3) is 5.91 Å². The first-order valence-corrected chi connectivity index (χ1v) is 9.39. The highest BCUT2D eigenvalue weighted by Crippen LogP contribution is 2.25. The molecule has 1 saturated heterocycles. The van der Waals surface area contributed by atoms with E-state index in [1.165, 1.54) is 4.90 Å². The predicted molar refractivity (Wildman–Crippen MR) is 109 cm³/mol. The normalized spacial score (nSPS) is 13.9. The Bertz CT molecular complexity index is 1050. The first-order chi connectivity index (χ1) is 14.5. The molecule has 4 rings (SSSR count). The fourth-order valence-corrected chi connectivity index (χ4v) is 2.92. The van der Waals surface area contributed by atoms with Crippen molar-refractivity contribution in [3.8, 4) is 23.3 Å². The van der Waals surface area contributed by atoms with E-state index in [-0.39, 0.29) is 17.9 Å². The second-order valence-electron chi connectivity index (χ2n) is 6.85. The summed E-state index contributed by atoms with van der Waals surface area (Å²) >= 11 is 0. The summed E-state index contributed by atoms with van der Waals surface area (Å²) in [6.45, 7) is 2.48. The van der Waals surface area contributed by atoms with Gasteiger partial charge in [-0.15, -0.1) is 0 Å². The van der Waals surface area contributed by atoms with Crippen LogP contribution in [0.25, 0.3) is 11.5 Å². The molecular formula is C19H22N8O3. The number of carbonyl (C=O) groups excluding carboxylic acids is 1. The van der Waals surface area contributed by atoms with E-state index in [4.69, 9.17) is 15.2 Å². The van der Waals surface area contributed by atoms with Crippen molar-refractivity contribution in [3.63, 3.8) is 0 Å². The van der Waals surface area contributed by atoms with Gasteiger partial charge < -0.3 is 30.0 Å². The molecule has 0 bridgehead atoms. The lowest BCUT2D eigenvalue weighted by Crippen LogP contribution is -2.37. The maximum absolute atomic E-state index is 12.2. The Morgan fingerprint density at radius 1 is 1.23 bits per heavy atom. The number of aromatic amines is 1. The summed E-state index contributed by atoms with van der Waals surface area (Å²) in [4.78, 5) is 36.0. The third-order valence-electron chi connectivity index (χ3n) is 4.43. The summed E-state index contributed by atoms with van der Waals surface area (Å²) in [6, 6.07) is 6.95. The molecular weight excluding hydrogens is 388 g/mol. The van der Waals surface area contributed by atoms with E-state index in [0.717, 1.165) is 0 Å². The number of ether oxygens (including phenoxy) is 2. The molecule has 0 radical (unpaired) electrons. The molecule has 3 N–H and O–H groups in total. The zero-order valence-electron chi connectivity index (χ0n) is 16.7. The second-order valence-corrected chi connectivity index (χ2v) is 6.85. The zero-order chi connectivity index (χ0) is 21.1. The minimum atomic E-state index is -0.126. The Morgan fingerprint density at radius 2 is 2.03 bits per heavy atom. The van der Waals surface area contributed by atoms with Gasteiger partial charge in [-0.05, 0) is 18.2 Å². The summed E-state index contributed by atoms with van der Waals surface area (Å²) < 4.78 is 11.3. The van der Waals surface area contributed by atoms with Crippen LogP contribution in [-0.4, -0.2) is 76.1 Å². The first kappa shape index (κ1) is 19.6. The molecule has 0 unspecified atom stereocenters. The Labute approximate surface area is 172 Å². The largest absolute Gasteiger partial charge is 0.424 e. The lowest BCUT2D eigenvalue weighted by atomic mass is 10.2. The molecule has 11 heteroatoms. The maximum atomic E-state index is 12.2. The monoisotopic (exact) mass is 410 g/mol. The van der Waals surface area contributed by atoms with Crippen molar-refractivity contribution in [3.05, 3.63) is 36.0 Å². The van der Waals surface area contributed by atoms with E-state index in [1.54, 1.807) is 44.6 Å². The number of hydrogen-bond acceptors (Lipinski definition) is 9. The number of anilines is 2. The van der Waals surface area contributed by atoms with Crippen LogP contribution < -0.4 is 15.4 Å². The number of rotatable bonds is 5. The smallest absolute Gasteiger partial charge is 0.327 e. The number of imidazole rings is 1. The van der Waals surface area contributed by atoms with Gasteiger partial charge in [-0.2, -0.15) is 15.0 Å². The quantitative estimate of drug-likeness (QED) is 0.635. The standard InChI is InChI=1S/C19H22N8O3/c1-26(2)16(28)12-4-3-5-13(10-12)30-19-24-15(14-11-21-17(20)22-14)23-18(25-19)27-6-8-29-9-7-27/h3-5,10-11H,6-9H2,1-2H3,(H3,20,21,22). The Morgan fingerprint density at radius 3 is 2.73 bits per heavy atom. The molecule has 1 amide bonds. The predicted octanol–water partition coefficient (Wildman–Crippen LogP) is 1.17. The van der Waals surface area contributed by atoms with Crippen LogP contribution in [0.15, 0.2) is 30.5 Å². The van der Waals surface area contributed by atoms with E-state index in [2.05, 4.69) is 24.9 Å². The van der Waals surface area contributed by atoms with Gasteiger partial charge in [0.1, 0.15) is 11.4 Å². The van der Waals surface area contributed by atoms with Crippen molar-refractivity contribution in [2.24, 2.45) is 0 Å². The van der Waals surface area contributed by atoms with Gasteiger partial charge in [0.2, 0.25) is 5.95 Å². The summed E-state index contributed by atoms with van der Waals surface area (Å²) in [5, 5.41) is 0. The van der Waals surface area contributed by atoms with Crippen molar-refractivity contribution in [1.82, 2.24) is 29.8 Å². The third-order valence-corrected chi connectivity index (χ3v) is 4.43. The summed E-state index contributed by atoms with van der Waals surface area (Å²) in [5.74, 6) is 1.39. The van der Waals surface area contributed by atoms with Gasteiger partial charge >= 0.3 is 6.01 Å². The molecule has 0 spiro atoms. The van der Waals surface area contributed by atoms with E-state index in [9.17, 15) is 4.79 Å². The summed E-state index contributed by atoms with van der Waals surface area (Å²) in [5.41, 5.74) is 6.74. The van der Waals surface area contributed by atoms with Gasteiger partial charge in [0, 0.05) is 32.7 Å². The highest BCUT2D eigenvalue weighted by atomic mass is 16.5. The number of carbonyl (C=O) groups is 1. The van der Waals surface area contributed by atoms with Crippen LogP contribution in [0.4, 0.5) is 11.9 Å². The molecule has 0 aliphatic carbocycles. The molecule has 156 valence electrons. The van der Waals surface area contributed by atoms with E-state index >= 15 is 0 Å². The van der Waals surface area contributed by atoms with Crippen molar-refractivity contribution in [2.75, 3.05) is 51.0 Å². The van der Waals surface area contributed by atoms with Crippen LogP contribution >= 0.6 is 0 Å². The van der Waals surface area contributed by atoms with E-state index < -0.39 is 0 Å². The van der Waals surface area contributed by atoms with Crippen molar-refractivity contribution in [2.45, 2.75) is 0 Å². The Hall–Kier alpha value is -3.73. The van der Waals surface area contributed by atoms with Crippen LogP contribution in [-0.2, 0) is 4.74 Å². The maximum Gasteiger partial charge on any atom is 0.327 e. The fourth-order valence-electron chi connectivity index (χ4n) is 2.92. The van der Waals surface area contributed by atoms with E-state index in [1.807, 2.05) is 4.90 Å². The molecule has 1 aliphatic rings. The first-order valence-electron chi connectivity index (χ1n) is 9.39. The fraction of sp³-hybridized carbons (Fsp3) is 0.316. The molecule has 2 aromatic heterocycles. The number of hydrogen-bond donors (Lipinski definition) is 2. The number of benzene rings is 1. The molecule has 1 aromatic carbocycles. The highest BCUT2D eigenvalue weighted by Gasteiger charge is 2.19. The zero-order valence-corrected chi connectivity index (χ0v) is 16.7. The minimum absolute atomic E-state index is 0.101. The third kappa shape index (κ3) is 4.30. The number of amides is 1. The number of aromatic nitrogens is 5. The Balaban J connectivity index is 1.68. The average Bonchev–Trinajstić information content (AvgIpc) is 3.20. The van der Waals surface area contributed by atoms with Crippen LogP contribution in [0, 0.1) is 0 Å². The number of morpholine rings is 1. The molecule has 30 heavy (non-hydrogen) atoms. The minimum Gasteiger partial charge on any atom is -0.424 e. The highest BCUT2D eigenvalue weighted by molar-refractivity contribution is 5.94. The number of H-pyrrole nitrogens is 1. The topological polar surface area (TPSA) is 135 Å². The van der Waals surface area contributed by atoms with Gasteiger partial charge in [0.15, 0.2) is 11.8 Å². The van der Waals surface area contributed by atoms with Crippen molar-refractivity contribution >= 4 is 17.8 Å². The van der Waals surface area contributed by atoms with E-state index in [0.29, 0.717) is 55.1 Å². The van der Waals surface area contributed by atoms with Gasteiger partial charge in [-0.1, -0.05) is 6.07 Å². The van der Waals surface area contributed by atoms with Crippen molar-refractivity contribution in [1.29, 1.82) is 0 Å². The van der Waals surface area contributed by atoms with Crippen LogP contribution in [0.2, 0.25) is 0 Å². The average molecular weight is 410 g/mol.